The third kappa shape index (κ3) is 5.17. The number of imide groups is 1. The highest BCUT2D eigenvalue weighted by Crippen LogP contribution is 2.17. The molecule has 1 aromatic rings. The maximum absolute atomic E-state index is 12.4. The van der Waals surface area contributed by atoms with Crippen LogP contribution in [0.3, 0.4) is 0 Å². The van der Waals surface area contributed by atoms with Crippen LogP contribution in [0.25, 0.3) is 0 Å². The van der Waals surface area contributed by atoms with Crippen molar-refractivity contribution in [2.24, 2.45) is 0 Å². The van der Waals surface area contributed by atoms with Crippen LogP contribution in [0.1, 0.15) is 12.5 Å². The van der Waals surface area contributed by atoms with Gasteiger partial charge in [0.25, 0.3) is 0 Å². The van der Waals surface area contributed by atoms with Crippen LogP contribution in [-0.4, -0.2) is 66.9 Å². The summed E-state index contributed by atoms with van der Waals surface area (Å²) in [5.74, 6) is -0.328. The molecule has 1 saturated heterocycles. The first kappa shape index (κ1) is 19.2. The Morgan fingerprint density at radius 3 is 2.40 bits per heavy atom. The van der Waals surface area contributed by atoms with Crippen molar-refractivity contribution in [3.05, 3.63) is 34.9 Å². The fourth-order valence-corrected chi connectivity index (χ4v) is 2.92. The first-order valence-corrected chi connectivity index (χ1v) is 8.58. The number of amides is 4. The largest absolute Gasteiger partial charge is 0.341 e. The molecule has 136 valence electrons. The highest BCUT2D eigenvalue weighted by Gasteiger charge is 2.28. The monoisotopic (exact) mass is 366 g/mol. The molecule has 1 atom stereocenters. The fraction of sp³-hybridized carbons (Fsp3) is 0.471. The van der Waals surface area contributed by atoms with Gasteiger partial charge in [-0.1, -0.05) is 29.8 Å². The van der Waals surface area contributed by atoms with E-state index in [1.807, 2.05) is 23.1 Å². The van der Waals surface area contributed by atoms with Crippen LogP contribution in [0.15, 0.2) is 24.3 Å². The molecule has 8 heteroatoms. The second kappa shape index (κ2) is 8.82. The van der Waals surface area contributed by atoms with Crippen LogP contribution in [0.2, 0.25) is 5.02 Å². The van der Waals surface area contributed by atoms with Crippen LogP contribution in [0.4, 0.5) is 4.79 Å². The van der Waals surface area contributed by atoms with Crippen molar-refractivity contribution in [2.75, 3.05) is 33.2 Å². The Morgan fingerprint density at radius 2 is 1.80 bits per heavy atom. The maximum atomic E-state index is 12.4. The molecule has 0 radical (unpaired) electrons. The molecule has 7 nitrogen and oxygen atoms in total. The van der Waals surface area contributed by atoms with Gasteiger partial charge in [-0.15, -0.1) is 0 Å². The molecule has 0 bridgehead atoms. The van der Waals surface area contributed by atoms with E-state index in [4.69, 9.17) is 11.6 Å². The van der Waals surface area contributed by atoms with Gasteiger partial charge < -0.3 is 10.2 Å². The van der Waals surface area contributed by atoms with Gasteiger partial charge in [0, 0.05) is 38.2 Å². The molecule has 0 saturated carbocycles. The van der Waals surface area contributed by atoms with Gasteiger partial charge in [-0.3, -0.25) is 19.8 Å². The third-order valence-corrected chi connectivity index (χ3v) is 4.73. The summed E-state index contributed by atoms with van der Waals surface area (Å²) in [7, 11) is 1.46. The molecule has 2 N–H and O–H groups in total. The molecule has 1 heterocycles. The number of nitrogens with zero attached hydrogens (tertiary/aromatic N) is 2. The summed E-state index contributed by atoms with van der Waals surface area (Å²) >= 11 is 6.10. The molecule has 1 aliphatic heterocycles. The molecule has 0 aromatic heterocycles. The second-order valence-corrected chi connectivity index (χ2v) is 6.34. The van der Waals surface area contributed by atoms with Gasteiger partial charge in [-0.2, -0.15) is 0 Å². The summed E-state index contributed by atoms with van der Waals surface area (Å²) < 4.78 is 0. The van der Waals surface area contributed by atoms with E-state index in [-0.39, 0.29) is 18.2 Å². The van der Waals surface area contributed by atoms with E-state index < -0.39 is 12.1 Å². The van der Waals surface area contributed by atoms with Gasteiger partial charge in [0.2, 0.25) is 11.8 Å². The van der Waals surface area contributed by atoms with Gasteiger partial charge in [0.1, 0.15) is 0 Å². The first-order valence-electron chi connectivity index (χ1n) is 8.20. The zero-order valence-electron chi connectivity index (χ0n) is 14.4. The average Bonchev–Trinajstić information content (AvgIpc) is 2.62. The molecular weight excluding hydrogens is 344 g/mol. The Balaban J connectivity index is 1.84. The standard InChI is InChI=1S/C17H23ClN4O3/c1-12(16(24)20-17(25)19-2)21-7-9-22(10-8-21)15(23)11-13-5-3-4-6-14(13)18/h3-6,12H,7-11H2,1-2H3,(H2,19,20,24,25)/t12-/m0/s1. The van der Waals surface area contributed by atoms with Crippen molar-refractivity contribution < 1.29 is 14.4 Å². The highest BCUT2D eigenvalue weighted by atomic mass is 35.5. The van der Waals surface area contributed by atoms with Gasteiger partial charge >= 0.3 is 6.03 Å². The van der Waals surface area contributed by atoms with Crippen molar-refractivity contribution in [1.29, 1.82) is 0 Å². The number of halogens is 1. The van der Waals surface area contributed by atoms with Crippen LogP contribution >= 0.6 is 11.6 Å². The van der Waals surface area contributed by atoms with Gasteiger partial charge in [-0.25, -0.2) is 4.79 Å². The zero-order chi connectivity index (χ0) is 18.4. The summed E-state index contributed by atoms with van der Waals surface area (Å²) in [4.78, 5) is 39.4. The summed E-state index contributed by atoms with van der Waals surface area (Å²) in [6.07, 6.45) is 0.270. The van der Waals surface area contributed by atoms with E-state index >= 15 is 0 Å². The molecule has 1 aliphatic rings. The summed E-state index contributed by atoms with van der Waals surface area (Å²) in [6.45, 7) is 3.99. The minimum Gasteiger partial charge on any atom is -0.341 e. The molecule has 0 aliphatic carbocycles. The topological polar surface area (TPSA) is 81.8 Å². The van der Waals surface area contributed by atoms with Crippen LogP contribution in [-0.2, 0) is 16.0 Å². The Morgan fingerprint density at radius 1 is 1.16 bits per heavy atom. The maximum Gasteiger partial charge on any atom is 0.321 e. The van der Waals surface area contributed by atoms with Crippen LogP contribution < -0.4 is 10.6 Å². The minimum atomic E-state index is -0.523. The van der Waals surface area contributed by atoms with Crippen molar-refractivity contribution in [1.82, 2.24) is 20.4 Å². The highest BCUT2D eigenvalue weighted by molar-refractivity contribution is 6.31. The van der Waals surface area contributed by atoms with E-state index in [1.165, 1.54) is 7.05 Å². The number of hydrogen-bond donors (Lipinski definition) is 2. The van der Waals surface area contributed by atoms with Gasteiger partial charge in [0.05, 0.1) is 12.5 Å². The number of benzene rings is 1. The normalized spacial score (nSPS) is 16.2. The first-order chi connectivity index (χ1) is 11.9. The number of nitrogens with one attached hydrogen (secondary N) is 2. The minimum absolute atomic E-state index is 0.0233. The van der Waals surface area contributed by atoms with E-state index in [0.29, 0.717) is 31.2 Å². The van der Waals surface area contributed by atoms with Crippen molar-refractivity contribution >= 4 is 29.4 Å². The Bertz CT molecular complexity index is 645. The molecular formula is C17H23ClN4O3. The molecule has 4 amide bonds. The number of piperazine rings is 1. The summed E-state index contributed by atoms with van der Waals surface area (Å²) in [5, 5.41) is 5.22. The molecule has 25 heavy (non-hydrogen) atoms. The van der Waals surface area contributed by atoms with Crippen LogP contribution in [0, 0.1) is 0 Å². The molecule has 2 rings (SSSR count). The van der Waals surface area contributed by atoms with E-state index in [2.05, 4.69) is 10.6 Å². The lowest BCUT2D eigenvalue weighted by Crippen LogP contribution is -2.56. The van der Waals surface area contributed by atoms with E-state index in [1.54, 1.807) is 17.9 Å². The number of urea groups is 1. The number of carbonyl (C=O) groups is 3. The van der Waals surface area contributed by atoms with Crippen molar-refractivity contribution in [3.63, 3.8) is 0 Å². The smallest absolute Gasteiger partial charge is 0.321 e. The Hall–Kier alpha value is -2.12. The van der Waals surface area contributed by atoms with E-state index in [9.17, 15) is 14.4 Å². The predicted molar refractivity (Wildman–Crippen MR) is 95.4 cm³/mol. The van der Waals surface area contributed by atoms with E-state index in [0.717, 1.165) is 5.56 Å². The SMILES string of the molecule is CNC(=O)NC(=O)[C@H](C)N1CCN(C(=O)Cc2ccccc2Cl)CC1. The lowest BCUT2D eigenvalue weighted by molar-refractivity contribution is -0.133. The number of hydrogen-bond acceptors (Lipinski definition) is 4. The quantitative estimate of drug-likeness (QED) is 0.828. The number of rotatable bonds is 4. The molecule has 1 fully saturated rings. The number of carbonyl (C=O) groups excluding carboxylic acids is 3. The lowest BCUT2D eigenvalue weighted by Gasteiger charge is -2.37. The lowest BCUT2D eigenvalue weighted by atomic mass is 10.1. The average molecular weight is 367 g/mol. The molecule has 0 spiro atoms. The van der Waals surface area contributed by atoms with Crippen molar-refractivity contribution in [2.45, 2.75) is 19.4 Å². The fourth-order valence-electron chi connectivity index (χ4n) is 2.72. The Kier molecular flexibility index (Phi) is 6.78. The van der Waals surface area contributed by atoms with Crippen LogP contribution in [0.5, 0.6) is 0 Å². The van der Waals surface area contributed by atoms with Gasteiger partial charge in [0.15, 0.2) is 0 Å². The summed E-state index contributed by atoms with van der Waals surface area (Å²) in [6, 6.07) is 6.36. The van der Waals surface area contributed by atoms with Crippen molar-refractivity contribution in [3.8, 4) is 0 Å². The Labute approximate surface area is 152 Å². The second-order valence-electron chi connectivity index (χ2n) is 5.93. The molecule has 1 aromatic carbocycles. The summed E-state index contributed by atoms with van der Waals surface area (Å²) in [5.41, 5.74) is 0.815. The predicted octanol–water partition coefficient (Wildman–Crippen LogP) is 0.871. The molecule has 0 unspecified atom stereocenters. The zero-order valence-corrected chi connectivity index (χ0v) is 15.2. The third-order valence-electron chi connectivity index (χ3n) is 4.36. The van der Waals surface area contributed by atoms with Gasteiger partial charge in [-0.05, 0) is 18.6 Å².